The maximum Gasteiger partial charge on any atom is 0.244 e. The molecule has 0 aliphatic rings. The lowest BCUT2D eigenvalue weighted by molar-refractivity contribution is -0.139. The first kappa shape index (κ1) is 25.1. The molecule has 0 bridgehead atoms. The normalized spacial score (nSPS) is 12.2. The predicted octanol–water partition coefficient (Wildman–Crippen LogP) is 2.92. The van der Waals surface area contributed by atoms with Gasteiger partial charge in [0.1, 0.15) is 12.6 Å². The number of halogens is 1. The zero-order chi connectivity index (χ0) is 23.2. The van der Waals surface area contributed by atoms with E-state index >= 15 is 0 Å². The molecule has 0 aliphatic carbocycles. The van der Waals surface area contributed by atoms with Gasteiger partial charge in [-0.2, -0.15) is 0 Å². The summed E-state index contributed by atoms with van der Waals surface area (Å²) in [5.41, 5.74) is 2.28. The van der Waals surface area contributed by atoms with Crippen LogP contribution in [0.25, 0.3) is 0 Å². The fourth-order valence-corrected chi connectivity index (χ4v) is 4.31. The lowest BCUT2D eigenvalue weighted by Gasteiger charge is -2.31. The molecule has 0 unspecified atom stereocenters. The minimum atomic E-state index is -3.71. The molecule has 1 atom stereocenters. The van der Waals surface area contributed by atoms with Gasteiger partial charge in [0.25, 0.3) is 0 Å². The number of nitrogens with zero attached hydrogens (tertiary/aromatic N) is 2. The highest BCUT2D eigenvalue weighted by Crippen LogP contribution is 2.21. The molecule has 9 heteroatoms. The topological polar surface area (TPSA) is 86.8 Å². The summed E-state index contributed by atoms with van der Waals surface area (Å²) >= 11 is 2.13. The second-order valence-electron chi connectivity index (χ2n) is 7.26. The van der Waals surface area contributed by atoms with Crippen molar-refractivity contribution in [3.05, 3.63) is 63.2 Å². The van der Waals surface area contributed by atoms with Crippen LogP contribution in [0.15, 0.2) is 48.5 Å². The molecule has 2 aromatic carbocycles. The Morgan fingerprint density at radius 1 is 1.10 bits per heavy atom. The van der Waals surface area contributed by atoms with Crippen LogP contribution in [-0.2, 0) is 26.2 Å². The standard InChI is InChI=1S/C22H28IN3O4S/c1-5-24-22(28)17(3)25(14-18-9-7-6-8-16(18)2)21(27)15-26(31(4,29)30)20-12-10-19(23)11-13-20/h6-13,17H,5,14-15H2,1-4H3,(H,24,28)/t17-/m1/s1. The molecule has 0 saturated heterocycles. The van der Waals surface area contributed by atoms with Crippen LogP contribution >= 0.6 is 22.6 Å². The zero-order valence-electron chi connectivity index (χ0n) is 18.1. The van der Waals surface area contributed by atoms with Crippen molar-refractivity contribution in [2.45, 2.75) is 33.4 Å². The van der Waals surface area contributed by atoms with Gasteiger partial charge >= 0.3 is 0 Å². The lowest BCUT2D eigenvalue weighted by atomic mass is 10.1. The quantitative estimate of drug-likeness (QED) is 0.481. The number of likely N-dealkylation sites (N-methyl/N-ethyl adjacent to an activating group) is 1. The van der Waals surface area contributed by atoms with E-state index in [-0.39, 0.29) is 12.5 Å². The van der Waals surface area contributed by atoms with Gasteiger partial charge in [-0.1, -0.05) is 24.3 Å². The summed E-state index contributed by atoms with van der Waals surface area (Å²) in [6, 6.07) is 13.7. The van der Waals surface area contributed by atoms with Gasteiger partial charge in [0, 0.05) is 16.7 Å². The van der Waals surface area contributed by atoms with E-state index in [1.807, 2.05) is 31.2 Å². The minimum absolute atomic E-state index is 0.202. The van der Waals surface area contributed by atoms with Gasteiger partial charge in [-0.25, -0.2) is 8.42 Å². The fourth-order valence-electron chi connectivity index (χ4n) is 3.10. The Bertz CT molecular complexity index is 1030. The molecule has 2 aromatic rings. The Balaban J connectivity index is 2.38. The summed E-state index contributed by atoms with van der Waals surface area (Å²) in [7, 11) is -3.71. The van der Waals surface area contributed by atoms with Crippen molar-refractivity contribution in [3.63, 3.8) is 0 Å². The van der Waals surface area contributed by atoms with E-state index in [1.165, 1.54) is 4.90 Å². The number of hydrogen-bond donors (Lipinski definition) is 1. The summed E-state index contributed by atoms with van der Waals surface area (Å²) < 4.78 is 27.0. The fraction of sp³-hybridized carbons (Fsp3) is 0.364. The summed E-state index contributed by atoms with van der Waals surface area (Å²) in [4.78, 5) is 27.3. The molecule has 2 amide bonds. The molecule has 1 N–H and O–H groups in total. The van der Waals surface area contributed by atoms with Gasteiger partial charge in [-0.05, 0) is 78.8 Å². The van der Waals surface area contributed by atoms with E-state index < -0.39 is 28.5 Å². The van der Waals surface area contributed by atoms with Crippen molar-refractivity contribution < 1.29 is 18.0 Å². The van der Waals surface area contributed by atoms with Crippen molar-refractivity contribution in [1.82, 2.24) is 10.2 Å². The Morgan fingerprint density at radius 3 is 2.26 bits per heavy atom. The van der Waals surface area contributed by atoms with Crippen LogP contribution in [-0.4, -0.2) is 50.5 Å². The Labute approximate surface area is 198 Å². The summed E-state index contributed by atoms with van der Waals surface area (Å²) in [6.45, 7) is 5.64. The molecule has 0 saturated carbocycles. The van der Waals surface area contributed by atoms with Crippen molar-refractivity contribution in [2.24, 2.45) is 0 Å². The first-order chi connectivity index (χ1) is 14.5. The van der Waals surface area contributed by atoms with E-state index in [4.69, 9.17) is 0 Å². The number of nitrogens with one attached hydrogen (secondary N) is 1. The van der Waals surface area contributed by atoms with Crippen LogP contribution in [0.4, 0.5) is 5.69 Å². The molecule has 31 heavy (non-hydrogen) atoms. The van der Waals surface area contributed by atoms with Crippen LogP contribution in [0, 0.1) is 10.5 Å². The second-order valence-corrected chi connectivity index (χ2v) is 10.4. The number of rotatable bonds is 9. The van der Waals surface area contributed by atoms with Gasteiger partial charge in [0.15, 0.2) is 0 Å². The number of anilines is 1. The largest absolute Gasteiger partial charge is 0.355 e. The lowest BCUT2D eigenvalue weighted by Crippen LogP contribution is -2.51. The average Bonchev–Trinajstić information content (AvgIpc) is 2.71. The molecule has 7 nitrogen and oxygen atoms in total. The zero-order valence-corrected chi connectivity index (χ0v) is 21.1. The van der Waals surface area contributed by atoms with Gasteiger partial charge in [-0.3, -0.25) is 13.9 Å². The van der Waals surface area contributed by atoms with Crippen molar-refractivity contribution >= 4 is 50.1 Å². The third kappa shape index (κ3) is 6.93. The molecule has 0 heterocycles. The van der Waals surface area contributed by atoms with Crippen LogP contribution in [0.5, 0.6) is 0 Å². The second kappa shape index (κ2) is 10.9. The molecule has 2 rings (SSSR count). The minimum Gasteiger partial charge on any atom is -0.355 e. The van der Waals surface area contributed by atoms with E-state index in [2.05, 4.69) is 27.9 Å². The maximum absolute atomic E-state index is 13.3. The highest BCUT2D eigenvalue weighted by Gasteiger charge is 2.30. The molecular weight excluding hydrogens is 529 g/mol. The monoisotopic (exact) mass is 557 g/mol. The van der Waals surface area contributed by atoms with E-state index in [9.17, 15) is 18.0 Å². The Morgan fingerprint density at radius 2 is 1.71 bits per heavy atom. The number of carbonyl (C=O) groups is 2. The van der Waals surface area contributed by atoms with Crippen LogP contribution in [0.3, 0.4) is 0 Å². The van der Waals surface area contributed by atoms with Crippen molar-refractivity contribution in [2.75, 3.05) is 23.7 Å². The number of carbonyl (C=O) groups excluding carboxylic acids is 2. The third-order valence-electron chi connectivity index (χ3n) is 4.91. The molecule has 168 valence electrons. The highest BCUT2D eigenvalue weighted by atomic mass is 127. The Kier molecular flexibility index (Phi) is 8.87. The van der Waals surface area contributed by atoms with E-state index in [0.29, 0.717) is 12.2 Å². The first-order valence-electron chi connectivity index (χ1n) is 9.89. The summed E-state index contributed by atoms with van der Waals surface area (Å²) in [5, 5.41) is 2.74. The molecule has 0 spiro atoms. The molecule has 0 radical (unpaired) electrons. The Hall–Kier alpha value is -2.14. The number of amides is 2. The molecule has 0 fully saturated rings. The van der Waals surface area contributed by atoms with Crippen LogP contribution in [0.2, 0.25) is 0 Å². The van der Waals surface area contributed by atoms with Crippen LogP contribution in [0.1, 0.15) is 25.0 Å². The van der Waals surface area contributed by atoms with Crippen molar-refractivity contribution in [3.8, 4) is 0 Å². The summed E-state index contributed by atoms with van der Waals surface area (Å²) in [6.07, 6.45) is 1.07. The van der Waals surface area contributed by atoms with Crippen LogP contribution < -0.4 is 9.62 Å². The smallest absolute Gasteiger partial charge is 0.244 e. The van der Waals surface area contributed by atoms with Crippen molar-refractivity contribution in [1.29, 1.82) is 0 Å². The molecule has 0 aliphatic heterocycles. The molecule has 0 aromatic heterocycles. The summed E-state index contributed by atoms with van der Waals surface area (Å²) in [5.74, 6) is -0.740. The first-order valence-corrected chi connectivity index (χ1v) is 12.8. The number of aryl methyl sites for hydroxylation is 1. The van der Waals surface area contributed by atoms with Gasteiger partial charge in [0.2, 0.25) is 21.8 Å². The number of hydrogen-bond acceptors (Lipinski definition) is 4. The number of sulfonamides is 1. The predicted molar refractivity (Wildman–Crippen MR) is 131 cm³/mol. The van der Waals surface area contributed by atoms with Gasteiger partial charge < -0.3 is 10.2 Å². The number of benzene rings is 2. The SMILES string of the molecule is CCNC(=O)[C@@H](C)N(Cc1ccccc1C)C(=O)CN(c1ccc(I)cc1)S(C)(=O)=O. The molecular formula is C22H28IN3O4S. The van der Waals surface area contributed by atoms with E-state index in [1.54, 1.807) is 38.1 Å². The maximum atomic E-state index is 13.3. The van der Waals surface area contributed by atoms with Gasteiger partial charge in [-0.15, -0.1) is 0 Å². The third-order valence-corrected chi connectivity index (χ3v) is 6.77. The van der Waals surface area contributed by atoms with Gasteiger partial charge in [0.05, 0.1) is 11.9 Å². The van der Waals surface area contributed by atoms with E-state index in [0.717, 1.165) is 25.3 Å². The average molecular weight is 557 g/mol. The highest BCUT2D eigenvalue weighted by molar-refractivity contribution is 14.1.